The van der Waals surface area contributed by atoms with Crippen molar-refractivity contribution in [2.75, 3.05) is 13.1 Å². The molecule has 0 rings (SSSR count). The van der Waals surface area contributed by atoms with Gasteiger partial charge in [0.05, 0.1) is 0 Å². The zero-order valence-corrected chi connectivity index (χ0v) is 15.1. The molecule has 2 N–H and O–H groups in total. The van der Waals surface area contributed by atoms with Gasteiger partial charge in [0.15, 0.2) is 0 Å². The van der Waals surface area contributed by atoms with E-state index in [9.17, 15) is 14.7 Å². The average Bonchev–Trinajstić information content (AvgIpc) is 2.38. The third kappa shape index (κ3) is 10.6. The number of alkyl carbamates (subject to hydrolysis) is 1. The lowest BCUT2D eigenvalue weighted by molar-refractivity contribution is -0.142. The third-order valence-corrected chi connectivity index (χ3v) is 3.00. The molecule has 0 bridgehead atoms. The molecular formula is C17H30N2O4. The van der Waals surface area contributed by atoms with Gasteiger partial charge in [-0.05, 0) is 34.6 Å². The second-order valence-corrected chi connectivity index (χ2v) is 6.51. The molecule has 0 spiro atoms. The van der Waals surface area contributed by atoms with E-state index in [-0.39, 0.29) is 6.04 Å². The average molecular weight is 326 g/mol. The Morgan fingerprint density at radius 1 is 1.26 bits per heavy atom. The quantitative estimate of drug-likeness (QED) is 0.703. The van der Waals surface area contributed by atoms with Gasteiger partial charge in [0.25, 0.3) is 0 Å². The smallest absolute Gasteiger partial charge is 0.407 e. The first kappa shape index (κ1) is 21.3. The van der Waals surface area contributed by atoms with Crippen LogP contribution in [0.25, 0.3) is 0 Å². The lowest BCUT2D eigenvalue weighted by Crippen LogP contribution is -2.48. The summed E-state index contributed by atoms with van der Waals surface area (Å²) in [5.74, 6) is 5.09. The third-order valence-electron chi connectivity index (χ3n) is 3.00. The Labute approximate surface area is 139 Å². The zero-order valence-electron chi connectivity index (χ0n) is 15.1. The van der Waals surface area contributed by atoms with E-state index in [0.29, 0.717) is 19.5 Å². The van der Waals surface area contributed by atoms with Crippen LogP contribution in [-0.4, -0.2) is 52.8 Å². The molecule has 0 aromatic carbocycles. The Morgan fingerprint density at radius 2 is 1.87 bits per heavy atom. The highest BCUT2D eigenvalue weighted by Crippen LogP contribution is 2.08. The van der Waals surface area contributed by atoms with Gasteiger partial charge in [-0.15, -0.1) is 11.8 Å². The fraction of sp³-hybridized carbons (Fsp3) is 0.765. The molecule has 0 aliphatic heterocycles. The van der Waals surface area contributed by atoms with Crippen LogP contribution in [-0.2, 0) is 9.53 Å². The summed E-state index contributed by atoms with van der Waals surface area (Å²) in [5.41, 5.74) is -0.562. The van der Waals surface area contributed by atoms with Crippen LogP contribution in [0.3, 0.4) is 0 Å². The number of amides is 1. The molecule has 6 nitrogen and oxygen atoms in total. The lowest BCUT2D eigenvalue weighted by Gasteiger charge is -2.29. The van der Waals surface area contributed by atoms with Crippen molar-refractivity contribution in [3.63, 3.8) is 0 Å². The molecule has 0 aromatic rings. The number of carboxylic acids is 1. The van der Waals surface area contributed by atoms with E-state index in [2.05, 4.69) is 17.2 Å². The van der Waals surface area contributed by atoms with Crippen LogP contribution in [0.1, 0.15) is 54.4 Å². The first-order valence-corrected chi connectivity index (χ1v) is 7.99. The molecule has 0 unspecified atom stereocenters. The Bertz CT molecular complexity index is 446. The molecule has 0 saturated carbocycles. The highest BCUT2D eigenvalue weighted by Gasteiger charge is 2.23. The summed E-state index contributed by atoms with van der Waals surface area (Å²) in [6.07, 6.45) is 0.883. The van der Waals surface area contributed by atoms with E-state index >= 15 is 0 Å². The number of hydrogen-bond acceptors (Lipinski definition) is 4. The summed E-state index contributed by atoms with van der Waals surface area (Å²) in [6.45, 7) is 11.8. The Hall–Kier alpha value is -1.74. The maximum atomic E-state index is 11.8. The Morgan fingerprint density at radius 3 is 2.35 bits per heavy atom. The van der Waals surface area contributed by atoms with E-state index in [4.69, 9.17) is 4.74 Å². The summed E-state index contributed by atoms with van der Waals surface area (Å²) in [6, 6.07) is -0.868. The van der Waals surface area contributed by atoms with Crippen LogP contribution in [0.4, 0.5) is 4.79 Å². The van der Waals surface area contributed by atoms with Gasteiger partial charge in [-0.2, -0.15) is 0 Å². The van der Waals surface area contributed by atoms with Crippen LogP contribution in [0.5, 0.6) is 0 Å². The van der Waals surface area contributed by atoms with Crippen molar-refractivity contribution in [3.8, 4) is 11.8 Å². The molecule has 132 valence electrons. The van der Waals surface area contributed by atoms with E-state index in [1.807, 2.05) is 13.8 Å². The molecular weight excluding hydrogens is 296 g/mol. The summed E-state index contributed by atoms with van der Waals surface area (Å²) in [4.78, 5) is 24.8. The van der Waals surface area contributed by atoms with Gasteiger partial charge >= 0.3 is 12.1 Å². The first-order chi connectivity index (χ1) is 10.6. The van der Waals surface area contributed by atoms with Crippen molar-refractivity contribution < 1.29 is 19.4 Å². The molecule has 1 amide bonds. The minimum atomic E-state index is -0.891. The van der Waals surface area contributed by atoms with Crippen LogP contribution >= 0.6 is 0 Å². The fourth-order valence-corrected chi connectivity index (χ4v) is 1.92. The standard InChI is InChI=1S/C17H30N2O4/c1-7-8-9-10-11-19(14(3)15(20)21)12-13(2)18-16(22)23-17(4,5)6/h13-14H,7,10-12H2,1-6H3,(H,18,22)(H,20,21)/t13-,14+/m1/s1. The summed E-state index contributed by atoms with van der Waals surface area (Å²) >= 11 is 0. The van der Waals surface area contributed by atoms with Crippen molar-refractivity contribution in [3.05, 3.63) is 0 Å². The molecule has 23 heavy (non-hydrogen) atoms. The molecule has 2 atom stereocenters. The van der Waals surface area contributed by atoms with E-state index < -0.39 is 23.7 Å². The van der Waals surface area contributed by atoms with Gasteiger partial charge in [0, 0.05) is 32.0 Å². The Kier molecular flexibility index (Phi) is 9.35. The number of carbonyl (C=O) groups is 2. The minimum Gasteiger partial charge on any atom is -0.480 e. The normalized spacial score (nSPS) is 13.7. The molecule has 6 heteroatoms. The number of carbonyl (C=O) groups excluding carboxylic acids is 1. The maximum Gasteiger partial charge on any atom is 0.407 e. The zero-order chi connectivity index (χ0) is 18.0. The monoisotopic (exact) mass is 326 g/mol. The van der Waals surface area contributed by atoms with Crippen molar-refractivity contribution in [1.82, 2.24) is 10.2 Å². The topological polar surface area (TPSA) is 78.9 Å². The fourth-order valence-electron chi connectivity index (χ4n) is 1.92. The summed E-state index contributed by atoms with van der Waals surface area (Å²) in [5, 5.41) is 11.9. The largest absolute Gasteiger partial charge is 0.480 e. The molecule has 0 fully saturated rings. The number of carboxylic acid groups (broad SMARTS) is 1. The van der Waals surface area contributed by atoms with Gasteiger partial charge in [0.1, 0.15) is 11.6 Å². The van der Waals surface area contributed by atoms with E-state index in [1.165, 1.54) is 0 Å². The number of ether oxygens (including phenoxy) is 1. The van der Waals surface area contributed by atoms with Gasteiger partial charge in [-0.3, -0.25) is 9.69 Å². The molecule has 0 saturated heterocycles. The van der Waals surface area contributed by atoms with Crippen molar-refractivity contribution in [2.45, 2.75) is 72.1 Å². The Balaban J connectivity index is 4.61. The van der Waals surface area contributed by atoms with E-state index in [1.54, 1.807) is 32.6 Å². The van der Waals surface area contributed by atoms with Gasteiger partial charge in [0.2, 0.25) is 0 Å². The van der Waals surface area contributed by atoms with Crippen LogP contribution < -0.4 is 5.32 Å². The van der Waals surface area contributed by atoms with E-state index in [0.717, 1.165) is 6.42 Å². The summed E-state index contributed by atoms with van der Waals surface area (Å²) in [7, 11) is 0. The predicted molar refractivity (Wildman–Crippen MR) is 90.2 cm³/mol. The lowest BCUT2D eigenvalue weighted by atomic mass is 10.2. The number of rotatable bonds is 7. The highest BCUT2D eigenvalue weighted by molar-refractivity contribution is 5.73. The second-order valence-electron chi connectivity index (χ2n) is 6.51. The maximum absolute atomic E-state index is 11.8. The van der Waals surface area contributed by atoms with Gasteiger partial charge < -0.3 is 15.2 Å². The number of hydrogen-bond donors (Lipinski definition) is 2. The summed E-state index contributed by atoms with van der Waals surface area (Å²) < 4.78 is 5.20. The molecule has 0 radical (unpaired) electrons. The van der Waals surface area contributed by atoms with Crippen molar-refractivity contribution in [2.24, 2.45) is 0 Å². The minimum absolute atomic E-state index is 0.231. The van der Waals surface area contributed by atoms with Gasteiger partial charge in [-0.1, -0.05) is 6.92 Å². The molecule has 0 aliphatic carbocycles. The van der Waals surface area contributed by atoms with Crippen LogP contribution in [0.2, 0.25) is 0 Å². The van der Waals surface area contributed by atoms with Crippen molar-refractivity contribution in [1.29, 1.82) is 0 Å². The number of nitrogens with one attached hydrogen (secondary N) is 1. The van der Waals surface area contributed by atoms with Crippen molar-refractivity contribution >= 4 is 12.1 Å². The van der Waals surface area contributed by atoms with Crippen LogP contribution in [0.15, 0.2) is 0 Å². The predicted octanol–water partition coefficient (Wildman–Crippen LogP) is 2.48. The molecule has 0 aromatic heterocycles. The molecule has 0 aliphatic rings. The number of aliphatic carboxylic acids is 1. The SMILES string of the molecule is CCC#CCCN(C[C@@H](C)NC(=O)OC(C)(C)C)[C@@H](C)C(=O)O. The van der Waals surface area contributed by atoms with Gasteiger partial charge in [-0.25, -0.2) is 4.79 Å². The number of nitrogens with zero attached hydrogens (tertiary/aromatic N) is 1. The molecule has 0 heterocycles. The highest BCUT2D eigenvalue weighted by atomic mass is 16.6. The second kappa shape index (κ2) is 10.1. The first-order valence-electron chi connectivity index (χ1n) is 7.99. The van der Waals surface area contributed by atoms with Crippen LogP contribution in [0, 0.1) is 11.8 Å².